The highest BCUT2D eigenvalue weighted by Gasteiger charge is 2.25. The van der Waals surface area contributed by atoms with E-state index in [0.717, 1.165) is 30.8 Å². The largest absolute Gasteiger partial charge is 0.419 e. The van der Waals surface area contributed by atoms with Crippen molar-refractivity contribution in [3.63, 3.8) is 0 Å². The lowest BCUT2D eigenvalue weighted by Gasteiger charge is -2.29. The molecule has 1 aliphatic rings. The number of piperidine rings is 1. The molecule has 0 radical (unpaired) electrons. The molecule has 21 heavy (non-hydrogen) atoms. The Hall–Kier alpha value is -1.73. The molecule has 1 saturated heterocycles. The minimum Gasteiger partial charge on any atom is -0.419 e. The van der Waals surface area contributed by atoms with E-state index >= 15 is 0 Å². The van der Waals surface area contributed by atoms with E-state index in [1.54, 1.807) is 18.4 Å². The van der Waals surface area contributed by atoms with Gasteiger partial charge in [0.2, 0.25) is 11.8 Å². The van der Waals surface area contributed by atoms with Gasteiger partial charge in [0.1, 0.15) is 0 Å². The zero-order valence-corrected chi connectivity index (χ0v) is 12.7. The number of likely N-dealkylation sites (tertiary alicyclic amines) is 1. The molecule has 0 unspecified atom stereocenters. The molecule has 0 aromatic carbocycles. The van der Waals surface area contributed by atoms with Gasteiger partial charge in [-0.15, -0.1) is 21.5 Å². The van der Waals surface area contributed by atoms with Gasteiger partial charge in [0, 0.05) is 13.0 Å². The summed E-state index contributed by atoms with van der Waals surface area (Å²) in [6, 6.07) is 3.93. The van der Waals surface area contributed by atoms with Gasteiger partial charge in [0.25, 0.3) is 5.89 Å². The molecule has 1 N–H and O–H groups in total. The summed E-state index contributed by atoms with van der Waals surface area (Å²) in [6.07, 6.45) is 1.76. The van der Waals surface area contributed by atoms with Crippen LogP contribution in [0, 0.1) is 5.92 Å². The van der Waals surface area contributed by atoms with E-state index in [9.17, 15) is 4.79 Å². The van der Waals surface area contributed by atoms with Crippen LogP contribution in [0.5, 0.6) is 0 Å². The molecule has 1 fully saturated rings. The van der Waals surface area contributed by atoms with Crippen LogP contribution < -0.4 is 5.32 Å². The zero-order valence-electron chi connectivity index (χ0n) is 11.9. The van der Waals surface area contributed by atoms with Gasteiger partial charge in [-0.05, 0) is 37.4 Å². The first-order valence-corrected chi connectivity index (χ1v) is 7.94. The number of thiophene rings is 1. The Bertz CT molecular complexity index is 588. The predicted octanol–water partition coefficient (Wildman–Crippen LogP) is 1.76. The number of aromatic nitrogens is 2. The van der Waals surface area contributed by atoms with Gasteiger partial charge in [-0.2, -0.15) is 0 Å². The lowest BCUT2D eigenvalue weighted by molar-refractivity contribution is -0.125. The average Bonchev–Trinajstić information content (AvgIpc) is 3.18. The maximum Gasteiger partial charge on any atom is 0.257 e. The number of nitrogens with one attached hydrogen (secondary N) is 1. The first kappa shape index (κ1) is 14.2. The van der Waals surface area contributed by atoms with Crippen LogP contribution in [-0.2, 0) is 11.3 Å². The summed E-state index contributed by atoms with van der Waals surface area (Å²) in [5.74, 6) is 1.50. The van der Waals surface area contributed by atoms with Crippen LogP contribution >= 0.6 is 11.3 Å². The molecule has 112 valence electrons. The topological polar surface area (TPSA) is 71.3 Å². The van der Waals surface area contributed by atoms with Gasteiger partial charge in [0.15, 0.2) is 0 Å². The van der Waals surface area contributed by atoms with E-state index in [1.165, 1.54) is 0 Å². The molecule has 1 amide bonds. The Kier molecular flexibility index (Phi) is 4.31. The number of amides is 1. The highest BCUT2D eigenvalue weighted by atomic mass is 32.1. The summed E-state index contributed by atoms with van der Waals surface area (Å²) in [5.41, 5.74) is 0. The van der Waals surface area contributed by atoms with Crippen molar-refractivity contribution in [2.24, 2.45) is 5.92 Å². The molecule has 0 saturated carbocycles. The van der Waals surface area contributed by atoms with Crippen molar-refractivity contribution in [1.82, 2.24) is 20.4 Å². The van der Waals surface area contributed by atoms with Crippen LogP contribution in [0.1, 0.15) is 18.7 Å². The van der Waals surface area contributed by atoms with E-state index in [4.69, 9.17) is 4.42 Å². The van der Waals surface area contributed by atoms with E-state index < -0.39 is 0 Å². The highest BCUT2D eigenvalue weighted by Crippen LogP contribution is 2.24. The minimum absolute atomic E-state index is 0.135. The Morgan fingerprint density at radius 3 is 2.95 bits per heavy atom. The second-order valence-corrected chi connectivity index (χ2v) is 6.09. The first-order valence-electron chi connectivity index (χ1n) is 7.06. The third-order valence-corrected chi connectivity index (χ3v) is 4.62. The molecule has 0 bridgehead atoms. The van der Waals surface area contributed by atoms with Gasteiger partial charge < -0.3 is 9.73 Å². The first-order chi connectivity index (χ1) is 10.3. The summed E-state index contributed by atoms with van der Waals surface area (Å²) >= 11 is 1.59. The van der Waals surface area contributed by atoms with Crippen LogP contribution in [0.25, 0.3) is 10.8 Å². The number of rotatable bonds is 4. The maximum atomic E-state index is 11.6. The highest BCUT2D eigenvalue weighted by molar-refractivity contribution is 7.13. The standard InChI is InChI=1S/C14H18N4O2S/c1-15-13(19)10-4-6-18(7-5-10)9-12-16-17-14(20-12)11-3-2-8-21-11/h2-3,8,10H,4-7,9H2,1H3,(H,15,19). The Morgan fingerprint density at radius 1 is 1.48 bits per heavy atom. The third-order valence-electron chi connectivity index (χ3n) is 3.76. The van der Waals surface area contributed by atoms with Crippen molar-refractivity contribution in [2.75, 3.05) is 20.1 Å². The van der Waals surface area contributed by atoms with Gasteiger partial charge in [-0.1, -0.05) is 6.07 Å². The summed E-state index contributed by atoms with van der Waals surface area (Å²) < 4.78 is 5.69. The van der Waals surface area contributed by atoms with Crippen LogP contribution in [0.4, 0.5) is 0 Å². The third kappa shape index (κ3) is 3.30. The number of carbonyl (C=O) groups is 1. The summed E-state index contributed by atoms with van der Waals surface area (Å²) in [5, 5.41) is 12.9. The fraction of sp³-hybridized carbons (Fsp3) is 0.500. The normalized spacial score (nSPS) is 17.0. The molecular formula is C14H18N4O2S. The SMILES string of the molecule is CNC(=O)C1CCN(Cc2nnc(-c3cccs3)o2)CC1. The Morgan fingerprint density at radius 2 is 2.29 bits per heavy atom. The van der Waals surface area contributed by atoms with E-state index in [-0.39, 0.29) is 11.8 Å². The molecule has 3 heterocycles. The number of hydrogen-bond donors (Lipinski definition) is 1. The van der Waals surface area contributed by atoms with E-state index in [2.05, 4.69) is 20.4 Å². The summed E-state index contributed by atoms with van der Waals surface area (Å²) in [6.45, 7) is 2.42. The van der Waals surface area contributed by atoms with E-state index in [0.29, 0.717) is 18.3 Å². The lowest BCUT2D eigenvalue weighted by atomic mass is 9.96. The van der Waals surface area contributed by atoms with Crippen LogP contribution in [0.2, 0.25) is 0 Å². The van der Waals surface area contributed by atoms with Gasteiger partial charge in [0.05, 0.1) is 11.4 Å². The van der Waals surface area contributed by atoms with Crippen molar-refractivity contribution >= 4 is 17.2 Å². The monoisotopic (exact) mass is 306 g/mol. The molecule has 3 rings (SSSR count). The van der Waals surface area contributed by atoms with Crippen molar-refractivity contribution < 1.29 is 9.21 Å². The average molecular weight is 306 g/mol. The Balaban J connectivity index is 1.55. The molecule has 7 heteroatoms. The molecule has 1 aliphatic heterocycles. The van der Waals surface area contributed by atoms with Gasteiger partial charge in [-0.3, -0.25) is 9.69 Å². The quantitative estimate of drug-likeness (QED) is 0.932. The predicted molar refractivity (Wildman–Crippen MR) is 79.7 cm³/mol. The number of carbonyl (C=O) groups excluding carboxylic acids is 1. The number of nitrogens with zero attached hydrogens (tertiary/aromatic N) is 3. The fourth-order valence-corrected chi connectivity index (χ4v) is 3.21. The minimum atomic E-state index is 0.135. The van der Waals surface area contributed by atoms with E-state index in [1.807, 2.05) is 17.5 Å². The molecule has 0 aliphatic carbocycles. The van der Waals surface area contributed by atoms with Crippen molar-refractivity contribution in [1.29, 1.82) is 0 Å². The van der Waals surface area contributed by atoms with Crippen LogP contribution in [0.15, 0.2) is 21.9 Å². The summed E-state index contributed by atoms with van der Waals surface area (Å²) in [7, 11) is 1.69. The maximum absolute atomic E-state index is 11.6. The van der Waals surface area contributed by atoms with Gasteiger partial charge in [-0.25, -0.2) is 0 Å². The van der Waals surface area contributed by atoms with Crippen LogP contribution in [0.3, 0.4) is 0 Å². The second kappa shape index (κ2) is 6.36. The van der Waals surface area contributed by atoms with Crippen molar-refractivity contribution in [2.45, 2.75) is 19.4 Å². The Labute approximate surface area is 127 Å². The van der Waals surface area contributed by atoms with Crippen LogP contribution in [-0.4, -0.2) is 41.1 Å². The smallest absolute Gasteiger partial charge is 0.257 e. The molecule has 2 aromatic rings. The second-order valence-electron chi connectivity index (χ2n) is 5.14. The molecule has 0 spiro atoms. The lowest BCUT2D eigenvalue weighted by Crippen LogP contribution is -2.39. The molecule has 2 aromatic heterocycles. The molecule has 6 nitrogen and oxygen atoms in total. The molecule has 0 atom stereocenters. The van der Waals surface area contributed by atoms with Gasteiger partial charge >= 0.3 is 0 Å². The summed E-state index contributed by atoms with van der Waals surface area (Å²) in [4.78, 5) is 14.8. The fourth-order valence-electron chi connectivity index (χ4n) is 2.57. The van der Waals surface area contributed by atoms with Crippen molar-refractivity contribution in [3.8, 4) is 10.8 Å². The zero-order chi connectivity index (χ0) is 14.7. The number of hydrogen-bond acceptors (Lipinski definition) is 6. The van der Waals surface area contributed by atoms with Crippen molar-refractivity contribution in [3.05, 3.63) is 23.4 Å². The molecular weight excluding hydrogens is 288 g/mol.